The largest absolute Gasteiger partial charge is 0.481 e. The molecule has 7 nitrogen and oxygen atoms in total. The molecule has 0 unspecified atom stereocenters. The summed E-state index contributed by atoms with van der Waals surface area (Å²) >= 11 is 0. The molecule has 1 aromatic carbocycles. The number of carbonyl (C=O) groups is 1. The smallest absolute Gasteiger partial charge is 0.305 e. The maximum Gasteiger partial charge on any atom is 0.305 e. The van der Waals surface area contributed by atoms with Gasteiger partial charge in [0.1, 0.15) is 0 Å². The van der Waals surface area contributed by atoms with Gasteiger partial charge >= 0.3 is 16.2 Å². The lowest BCUT2D eigenvalue weighted by molar-refractivity contribution is -0.136. The van der Waals surface area contributed by atoms with Gasteiger partial charge in [0, 0.05) is 13.1 Å². The molecule has 0 aliphatic carbocycles. The molecule has 0 aromatic heterocycles. The molecule has 8 heteroatoms. The number of hydrogen-bond acceptors (Lipinski definition) is 4. The van der Waals surface area contributed by atoms with Gasteiger partial charge in [0.05, 0.1) is 17.8 Å². The Labute approximate surface area is 118 Å². The summed E-state index contributed by atoms with van der Waals surface area (Å²) < 4.78 is 27.8. The highest BCUT2D eigenvalue weighted by Crippen LogP contribution is 2.24. The molecular formula is C12H19N3O4S. The van der Waals surface area contributed by atoms with E-state index in [4.69, 9.17) is 10.8 Å². The van der Waals surface area contributed by atoms with E-state index in [9.17, 15) is 13.2 Å². The molecule has 0 aliphatic heterocycles. The van der Waals surface area contributed by atoms with Gasteiger partial charge in [0.2, 0.25) is 0 Å². The third kappa shape index (κ3) is 4.39. The van der Waals surface area contributed by atoms with Crippen LogP contribution >= 0.6 is 0 Å². The molecule has 20 heavy (non-hydrogen) atoms. The summed E-state index contributed by atoms with van der Waals surface area (Å²) in [7, 11) is -3.82. The molecule has 112 valence electrons. The van der Waals surface area contributed by atoms with Crippen molar-refractivity contribution in [1.29, 1.82) is 0 Å². The summed E-state index contributed by atoms with van der Waals surface area (Å²) in [6, 6.07) is 6.44. The first-order chi connectivity index (χ1) is 9.38. The Morgan fingerprint density at radius 2 is 2.05 bits per heavy atom. The molecule has 0 amide bonds. The lowest BCUT2D eigenvalue weighted by Gasteiger charge is -2.25. The van der Waals surface area contributed by atoms with Crippen LogP contribution in [0.1, 0.15) is 19.8 Å². The maximum atomic E-state index is 12.2. The van der Waals surface area contributed by atoms with Gasteiger partial charge in [-0.15, -0.1) is 0 Å². The minimum Gasteiger partial charge on any atom is -0.481 e. The summed E-state index contributed by atoms with van der Waals surface area (Å²) in [5, 5.41) is 8.75. The van der Waals surface area contributed by atoms with Crippen molar-refractivity contribution in [1.82, 2.24) is 4.72 Å². The zero-order valence-electron chi connectivity index (χ0n) is 11.2. The highest BCUT2D eigenvalue weighted by atomic mass is 32.2. The van der Waals surface area contributed by atoms with Crippen LogP contribution in [0.25, 0.3) is 0 Å². The second-order valence-electron chi connectivity index (χ2n) is 4.17. The SMILES string of the molecule is CCCNS(=O)(=O)N(CCC(=O)O)c1ccccc1N. The van der Waals surface area contributed by atoms with Crippen molar-refractivity contribution in [2.24, 2.45) is 0 Å². The van der Waals surface area contributed by atoms with E-state index in [0.717, 1.165) is 4.31 Å². The standard InChI is InChI=1S/C12H19N3O4S/c1-2-8-14-20(18,19)15(9-7-12(16)17)11-6-4-3-5-10(11)13/h3-6,14H,2,7-9,13H2,1H3,(H,16,17). The number of nitrogen functional groups attached to an aromatic ring is 1. The van der Waals surface area contributed by atoms with Crippen molar-refractivity contribution >= 4 is 27.6 Å². The minimum absolute atomic E-state index is 0.178. The number of anilines is 2. The van der Waals surface area contributed by atoms with Crippen molar-refractivity contribution in [2.45, 2.75) is 19.8 Å². The van der Waals surface area contributed by atoms with Crippen LogP contribution in [-0.4, -0.2) is 32.6 Å². The van der Waals surface area contributed by atoms with E-state index >= 15 is 0 Å². The van der Waals surface area contributed by atoms with E-state index < -0.39 is 16.2 Å². The lowest BCUT2D eigenvalue weighted by atomic mass is 10.2. The van der Waals surface area contributed by atoms with Crippen molar-refractivity contribution in [3.63, 3.8) is 0 Å². The summed E-state index contributed by atoms with van der Waals surface area (Å²) in [6.45, 7) is 1.93. The molecule has 0 spiro atoms. The van der Waals surface area contributed by atoms with Gasteiger partial charge in [-0.2, -0.15) is 13.1 Å². The summed E-state index contributed by atoms with van der Waals surface area (Å²) in [5.41, 5.74) is 6.32. The van der Waals surface area contributed by atoms with E-state index in [0.29, 0.717) is 6.42 Å². The Morgan fingerprint density at radius 3 is 2.60 bits per heavy atom. The molecule has 0 fully saturated rings. The average molecular weight is 301 g/mol. The van der Waals surface area contributed by atoms with Gasteiger partial charge < -0.3 is 10.8 Å². The third-order valence-electron chi connectivity index (χ3n) is 2.56. The van der Waals surface area contributed by atoms with Crippen LogP contribution < -0.4 is 14.8 Å². The Bertz CT molecular complexity index is 560. The van der Waals surface area contributed by atoms with Gasteiger partial charge in [-0.3, -0.25) is 9.10 Å². The van der Waals surface area contributed by atoms with Crippen LogP contribution in [0.3, 0.4) is 0 Å². The summed E-state index contributed by atoms with van der Waals surface area (Å²) in [4.78, 5) is 10.7. The molecule has 0 atom stereocenters. The van der Waals surface area contributed by atoms with E-state index in [1.54, 1.807) is 24.3 Å². The van der Waals surface area contributed by atoms with Crippen molar-refractivity contribution in [3.05, 3.63) is 24.3 Å². The van der Waals surface area contributed by atoms with Gasteiger partial charge in [0.25, 0.3) is 0 Å². The fourth-order valence-electron chi connectivity index (χ4n) is 1.59. The number of nitrogens with two attached hydrogens (primary N) is 1. The second kappa shape index (κ2) is 7.11. The number of carboxylic acids is 1. The maximum absolute atomic E-state index is 12.2. The number of rotatable bonds is 8. The molecule has 0 radical (unpaired) electrons. The Balaban J connectivity index is 3.08. The number of benzene rings is 1. The number of aliphatic carboxylic acids is 1. The first-order valence-electron chi connectivity index (χ1n) is 6.22. The molecule has 0 saturated carbocycles. The molecule has 1 aromatic rings. The molecular weight excluding hydrogens is 282 g/mol. The van der Waals surface area contributed by atoms with E-state index in [2.05, 4.69) is 4.72 Å². The van der Waals surface area contributed by atoms with Crippen LogP contribution in [0.2, 0.25) is 0 Å². The number of carboxylic acid groups (broad SMARTS) is 1. The van der Waals surface area contributed by atoms with E-state index in [1.165, 1.54) is 0 Å². The average Bonchev–Trinajstić information content (AvgIpc) is 2.38. The highest BCUT2D eigenvalue weighted by molar-refractivity contribution is 7.90. The molecule has 0 aliphatic rings. The van der Waals surface area contributed by atoms with Crippen molar-refractivity contribution in [2.75, 3.05) is 23.1 Å². The Hall–Kier alpha value is -1.80. The molecule has 0 saturated heterocycles. The van der Waals surface area contributed by atoms with Crippen molar-refractivity contribution in [3.8, 4) is 0 Å². The third-order valence-corrected chi connectivity index (χ3v) is 4.09. The number of nitrogens with one attached hydrogen (secondary N) is 1. The Morgan fingerprint density at radius 1 is 1.40 bits per heavy atom. The first kappa shape index (κ1) is 16.3. The van der Waals surface area contributed by atoms with Gasteiger partial charge in [-0.25, -0.2) is 0 Å². The first-order valence-corrected chi connectivity index (χ1v) is 7.66. The van der Waals surface area contributed by atoms with Crippen LogP contribution in [0.5, 0.6) is 0 Å². The number of para-hydroxylation sites is 2. The monoisotopic (exact) mass is 301 g/mol. The fourth-order valence-corrected chi connectivity index (χ4v) is 2.97. The van der Waals surface area contributed by atoms with Crippen LogP contribution in [-0.2, 0) is 15.0 Å². The number of nitrogens with zero attached hydrogens (tertiary/aromatic N) is 1. The zero-order valence-corrected chi connectivity index (χ0v) is 12.1. The van der Waals surface area contributed by atoms with Gasteiger partial charge in [-0.05, 0) is 18.6 Å². The molecule has 0 bridgehead atoms. The quantitative estimate of drug-likeness (QED) is 0.615. The van der Waals surface area contributed by atoms with Crippen LogP contribution in [0.4, 0.5) is 11.4 Å². The predicted octanol–water partition coefficient (Wildman–Crippen LogP) is 0.794. The van der Waals surface area contributed by atoms with Crippen molar-refractivity contribution < 1.29 is 18.3 Å². The molecule has 1 rings (SSSR count). The fraction of sp³-hybridized carbons (Fsp3) is 0.417. The lowest BCUT2D eigenvalue weighted by Crippen LogP contribution is -2.42. The number of hydrogen-bond donors (Lipinski definition) is 3. The van der Waals surface area contributed by atoms with Gasteiger partial charge in [-0.1, -0.05) is 19.1 Å². The topological polar surface area (TPSA) is 113 Å². The minimum atomic E-state index is -3.82. The normalized spacial score (nSPS) is 11.2. The zero-order chi connectivity index (χ0) is 15.2. The van der Waals surface area contributed by atoms with Crippen LogP contribution in [0, 0.1) is 0 Å². The summed E-state index contributed by atoms with van der Waals surface area (Å²) in [5.74, 6) is -1.07. The van der Waals surface area contributed by atoms with E-state index in [1.807, 2.05) is 6.92 Å². The second-order valence-corrected chi connectivity index (χ2v) is 5.85. The van der Waals surface area contributed by atoms with Gasteiger partial charge in [0.15, 0.2) is 0 Å². The predicted molar refractivity (Wildman–Crippen MR) is 77.7 cm³/mol. The molecule has 0 heterocycles. The molecule has 4 N–H and O–H groups in total. The van der Waals surface area contributed by atoms with E-state index in [-0.39, 0.29) is 30.9 Å². The van der Waals surface area contributed by atoms with Crippen LogP contribution in [0.15, 0.2) is 24.3 Å². The highest BCUT2D eigenvalue weighted by Gasteiger charge is 2.23. The summed E-state index contributed by atoms with van der Waals surface area (Å²) in [6.07, 6.45) is 0.331. The Kier molecular flexibility index (Phi) is 5.78.